The number of hydrogen-bond donors (Lipinski definition) is 1. The molecule has 6 nitrogen and oxygen atoms in total. The van der Waals surface area contributed by atoms with Crippen molar-refractivity contribution in [3.63, 3.8) is 0 Å². The third kappa shape index (κ3) is 9.12. The Morgan fingerprint density at radius 2 is 1.82 bits per heavy atom. The van der Waals surface area contributed by atoms with Crippen molar-refractivity contribution >= 4 is 14.5 Å². The van der Waals surface area contributed by atoms with Crippen LogP contribution in [0.15, 0.2) is 30.3 Å². The molecule has 1 aromatic rings. The van der Waals surface area contributed by atoms with Crippen LogP contribution >= 0.6 is 8.53 Å². The SMILES string of the molecule is CC(C)N(C(C)C)P(O)OCCCC(CCC#N)C(=O)OCc1ccccc1. The smallest absolute Gasteiger partial charge is 0.309 e. The van der Waals surface area contributed by atoms with E-state index in [4.69, 9.17) is 14.5 Å². The van der Waals surface area contributed by atoms with E-state index in [0.29, 0.717) is 32.3 Å². The van der Waals surface area contributed by atoms with Gasteiger partial charge in [-0.1, -0.05) is 30.3 Å². The van der Waals surface area contributed by atoms with E-state index in [0.717, 1.165) is 5.56 Å². The minimum Gasteiger partial charge on any atom is -0.461 e. The number of esters is 1. The van der Waals surface area contributed by atoms with Crippen LogP contribution in [-0.4, -0.2) is 34.2 Å². The van der Waals surface area contributed by atoms with Crippen molar-refractivity contribution in [1.29, 1.82) is 5.26 Å². The van der Waals surface area contributed by atoms with Gasteiger partial charge in [0.15, 0.2) is 0 Å². The van der Waals surface area contributed by atoms with E-state index in [1.807, 2.05) is 62.7 Å². The average Bonchev–Trinajstić information content (AvgIpc) is 2.65. The van der Waals surface area contributed by atoms with Crippen molar-refractivity contribution in [1.82, 2.24) is 4.67 Å². The van der Waals surface area contributed by atoms with Crippen LogP contribution < -0.4 is 0 Å². The second-order valence-electron chi connectivity index (χ2n) is 7.28. The predicted octanol–water partition coefficient (Wildman–Crippen LogP) is 4.78. The maximum absolute atomic E-state index is 12.4. The van der Waals surface area contributed by atoms with Gasteiger partial charge < -0.3 is 14.2 Å². The van der Waals surface area contributed by atoms with Gasteiger partial charge in [-0.3, -0.25) is 4.79 Å². The lowest BCUT2D eigenvalue weighted by molar-refractivity contribution is -0.150. The predicted molar refractivity (Wildman–Crippen MR) is 111 cm³/mol. The highest BCUT2D eigenvalue weighted by Crippen LogP contribution is 2.40. The molecule has 0 aliphatic rings. The molecule has 156 valence electrons. The second kappa shape index (κ2) is 13.6. The largest absolute Gasteiger partial charge is 0.461 e. The van der Waals surface area contributed by atoms with Crippen molar-refractivity contribution in [2.75, 3.05) is 6.61 Å². The third-order valence-electron chi connectivity index (χ3n) is 4.32. The second-order valence-corrected chi connectivity index (χ2v) is 8.51. The van der Waals surface area contributed by atoms with Gasteiger partial charge in [-0.25, -0.2) is 4.67 Å². The number of ether oxygens (including phenoxy) is 1. The molecule has 1 aromatic carbocycles. The number of hydrogen-bond acceptors (Lipinski definition) is 6. The quantitative estimate of drug-likeness (QED) is 0.287. The Labute approximate surface area is 170 Å². The number of rotatable bonds is 13. The molecule has 0 saturated carbocycles. The van der Waals surface area contributed by atoms with Crippen LogP contribution in [0.4, 0.5) is 0 Å². The van der Waals surface area contributed by atoms with E-state index in [-0.39, 0.29) is 30.6 Å². The molecule has 0 aliphatic carbocycles. The van der Waals surface area contributed by atoms with Gasteiger partial charge in [0.25, 0.3) is 8.53 Å². The molecule has 0 saturated heterocycles. The molecular weight excluding hydrogens is 375 g/mol. The highest BCUT2D eigenvalue weighted by atomic mass is 31.2. The van der Waals surface area contributed by atoms with Crippen LogP contribution in [0.5, 0.6) is 0 Å². The zero-order chi connectivity index (χ0) is 20.9. The number of nitrogens with zero attached hydrogens (tertiary/aromatic N) is 2. The number of carbonyl (C=O) groups excluding carboxylic acids is 1. The standard InChI is InChI=1S/C21H33N2O4P/c1-17(2)23(18(3)4)28(25)27-15-9-13-20(12-8-14-22)21(24)26-16-19-10-6-5-7-11-19/h5-7,10-11,17-18,20,25H,8-9,12-13,15-16H2,1-4H3. The Morgan fingerprint density at radius 1 is 1.18 bits per heavy atom. The first kappa shape index (κ1) is 24.5. The summed E-state index contributed by atoms with van der Waals surface area (Å²) in [5.74, 6) is -0.612. The number of nitriles is 1. The first-order valence-corrected chi connectivity index (χ1v) is 11.0. The molecular formula is C21H33N2O4P. The fourth-order valence-corrected chi connectivity index (χ4v) is 4.22. The maximum atomic E-state index is 12.4. The van der Waals surface area contributed by atoms with E-state index >= 15 is 0 Å². The molecule has 28 heavy (non-hydrogen) atoms. The Hall–Kier alpha value is -1.51. The summed E-state index contributed by atoms with van der Waals surface area (Å²) in [5, 5.41) is 8.85. The average molecular weight is 408 g/mol. The summed E-state index contributed by atoms with van der Waals surface area (Å²) in [6.45, 7) is 8.70. The number of benzene rings is 1. The summed E-state index contributed by atoms with van der Waals surface area (Å²) in [7, 11) is -1.65. The van der Waals surface area contributed by atoms with Crippen LogP contribution in [0, 0.1) is 17.2 Å². The summed E-state index contributed by atoms with van der Waals surface area (Å²) in [6.07, 6.45) is 1.98. The summed E-state index contributed by atoms with van der Waals surface area (Å²) < 4.78 is 13.0. The van der Waals surface area contributed by atoms with Gasteiger partial charge in [-0.05, 0) is 52.5 Å². The minimum absolute atomic E-state index is 0.187. The summed E-state index contributed by atoms with van der Waals surface area (Å²) in [5.41, 5.74) is 0.937. The number of carbonyl (C=O) groups is 1. The van der Waals surface area contributed by atoms with Crippen LogP contribution in [0.1, 0.15) is 58.9 Å². The monoisotopic (exact) mass is 408 g/mol. The Bertz CT molecular complexity index is 596. The van der Waals surface area contributed by atoms with Gasteiger partial charge in [0.2, 0.25) is 0 Å². The molecule has 0 aliphatic heterocycles. The fraction of sp³-hybridized carbons (Fsp3) is 0.619. The summed E-state index contributed by atoms with van der Waals surface area (Å²) >= 11 is 0. The highest BCUT2D eigenvalue weighted by Gasteiger charge is 2.24. The van der Waals surface area contributed by atoms with E-state index in [2.05, 4.69) is 6.07 Å². The molecule has 2 atom stereocenters. The normalized spacial score (nSPS) is 13.5. The van der Waals surface area contributed by atoms with Crippen LogP contribution in [0.2, 0.25) is 0 Å². The first-order chi connectivity index (χ1) is 13.4. The van der Waals surface area contributed by atoms with Gasteiger partial charge in [0.1, 0.15) is 6.61 Å². The molecule has 1 rings (SSSR count). The highest BCUT2D eigenvalue weighted by molar-refractivity contribution is 7.43. The molecule has 0 heterocycles. The van der Waals surface area contributed by atoms with E-state index in [9.17, 15) is 9.69 Å². The van der Waals surface area contributed by atoms with Gasteiger partial charge >= 0.3 is 5.97 Å². The lowest BCUT2D eigenvalue weighted by Crippen LogP contribution is -2.32. The van der Waals surface area contributed by atoms with Crippen LogP contribution in [-0.2, 0) is 20.7 Å². The molecule has 0 aromatic heterocycles. The molecule has 0 bridgehead atoms. The topological polar surface area (TPSA) is 82.8 Å². The van der Waals surface area contributed by atoms with Crippen LogP contribution in [0.25, 0.3) is 0 Å². The van der Waals surface area contributed by atoms with Crippen molar-refractivity contribution in [3.05, 3.63) is 35.9 Å². The van der Waals surface area contributed by atoms with E-state index in [1.54, 1.807) is 0 Å². The van der Waals surface area contributed by atoms with Gasteiger partial charge in [0.05, 0.1) is 18.6 Å². The Kier molecular flexibility index (Phi) is 11.9. The fourth-order valence-electron chi connectivity index (χ4n) is 3.00. The van der Waals surface area contributed by atoms with Gasteiger partial charge in [-0.2, -0.15) is 5.26 Å². The molecule has 2 unspecified atom stereocenters. The van der Waals surface area contributed by atoms with E-state index in [1.165, 1.54) is 0 Å². The minimum atomic E-state index is -1.65. The van der Waals surface area contributed by atoms with Gasteiger partial charge in [0, 0.05) is 18.5 Å². The molecule has 0 fully saturated rings. The zero-order valence-electron chi connectivity index (χ0n) is 17.4. The lowest BCUT2D eigenvalue weighted by atomic mass is 9.98. The Morgan fingerprint density at radius 3 is 2.39 bits per heavy atom. The van der Waals surface area contributed by atoms with E-state index < -0.39 is 8.53 Å². The zero-order valence-corrected chi connectivity index (χ0v) is 18.3. The van der Waals surface area contributed by atoms with Crippen molar-refractivity contribution in [2.24, 2.45) is 5.92 Å². The molecule has 0 amide bonds. The lowest BCUT2D eigenvalue weighted by Gasteiger charge is -2.32. The summed E-state index contributed by atoms with van der Waals surface area (Å²) in [6, 6.07) is 12.0. The van der Waals surface area contributed by atoms with Crippen molar-refractivity contribution in [3.8, 4) is 6.07 Å². The molecule has 7 heteroatoms. The molecule has 0 radical (unpaired) electrons. The van der Waals surface area contributed by atoms with Gasteiger partial charge in [-0.15, -0.1) is 0 Å². The van der Waals surface area contributed by atoms with Crippen LogP contribution in [0.3, 0.4) is 0 Å². The maximum Gasteiger partial charge on any atom is 0.309 e. The third-order valence-corrected chi connectivity index (χ3v) is 6.05. The first-order valence-electron chi connectivity index (χ1n) is 9.84. The summed E-state index contributed by atoms with van der Waals surface area (Å²) in [4.78, 5) is 22.7. The van der Waals surface area contributed by atoms with Crippen molar-refractivity contribution < 1.29 is 18.9 Å². The molecule has 1 N–H and O–H groups in total. The Balaban J connectivity index is 2.46. The van der Waals surface area contributed by atoms with Crippen molar-refractivity contribution in [2.45, 2.75) is 72.1 Å². The molecule has 0 spiro atoms.